The van der Waals surface area contributed by atoms with E-state index in [1.54, 1.807) is 0 Å². The molecule has 1 heterocycles. The van der Waals surface area contributed by atoms with E-state index in [4.69, 9.17) is 4.74 Å². The van der Waals surface area contributed by atoms with Crippen LogP contribution in [0.25, 0.3) is 0 Å². The number of benzene rings is 1. The number of aryl methyl sites for hydroxylation is 2. The molecule has 1 aliphatic heterocycles. The van der Waals surface area contributed by atoms with Crippen LogP contribution in [0.4, 0.5) is 18.0 Å². The lowest BCUT2D eigenvalue weighted by Crippen LogP contribution is -2.31. The maximum Gasteiger partial charge on any atom is 0.422 e. The molecule has 1 aromatic carbocycles. The number of esters is 1. The van der Waals surface area contributed by atoms with Gasteiger partial charge in [-0.25, -0.2) is 4.79 Å². The van der Waals surface area contributed by atoms with Crippen molar-refractivity contribution in [2.24, 2.45) is 0 Å². The van der Waals surface area contributed by atoms with Gasteiger partial charge in [-0.05, 0) is 42.4 Å². The summed E-state index contributed by atoms with van der Waals surface area (Å²) in [6.07, 6.45) is -1.88. The smallest absolute Gasteiger partial charge is 0.422 e. The molecule has 0 unspecified atom stereocenters. The van der Waals surface area contributed by atoms with Crippen molar-refractivity contribution in [3.05, 3.63) is 34.9 Å². The Morgan fingerprint density at radius 1 is 1.21 bits per heavy atom. The lowest BCUT2D eigenvalue weighted by atomic mass is 10.1. The van der Waals surface area contributed by atoms with Crippen LogP contribution in [0.15, 0.2) is 18.2 Å². The summed E-state index contributed by atoms with van der Waals surface area (Å²) in [5.74, 6) is -0.495. The van der Waals surface area contributed by atoms with Gasteiger partial charge >= 0.3 is 18.2 Å². The van der Waals surface area contributed by atoms with Crippen LogP contribution in [0.1, 0.15) is 36.0 Å². The van der Waals surface area contributed by atoms with Gasteiger partial charge in [0.1, 0.15) is 6.10 Å². The molecule has 6 nitrogen and oxygen atoms in total. The second-order valence-electron chi connectivity index (χ2n) is 7.46. The van der Waals surface area contributed by atoms with E-state index in [1.807, 2.05) is 0 Å². The Balaban J connectivity index is 1.32. The van der Waals surface area contributed by atoms with Crippen LogP contribution in [-0.2, 0) is 33.7 Å². The Morgan fingerprint density at radius 3 is 2.79 bits per heavy atom. The van der Waals surface area contributed by atoms with E-state index >= 15 is 0 Å². The van der Waals surface area contributed by atoms with Crippen molar-refractivity contribution in [1.29, 1.82) is 0 Å². The molecule has 0 aromatic heterocycles. The number of carbonyl (C=O) groups is 2. The minimum atomic E-state index is -4.58. The number of nitrogens with one attached hydrogen (secondary N) is 1. The van der Waals surface area contributed by atoms with E-state index in [2.05, 4.69) is 33.2 Å². The first kappa shape index (κ1) is 21.4. The van der Waals surface area contributed by atoms with Gasteiger partial charge in [-0.15, -0.1) is 0 Å². The van der Waals surface area contributed by atoms with Gasteiger partial charge in [0.25, 0.3) is 0 Å². The lowest BCUT2D eigenvalue weighted by molar-refractivity contribution is -0.160. The zero-order valence-corrected chi connectivity index (χ0v) is 16.1. The predicted molar refractivity (Wildman–Crippen MR) is 98.3 cm³/mol. The summed E-state index contributed by atoms with van der Waals surface area (Å²) in [4.78, 5) is 25.2. The fourth-order valence-electron chi connectivity index (χ4n) is 3.73. The van der Waals surface area contributed by atoms with E-state index < -0.39 is 24.8 Å². The molecule has 1 atom stereocenters. The highest BCUT2D eigenvalue weighted by Crippen LogP contribution is 2.24. The first-order chi connectivity index (χ1) is 13.8. The first-order valence-electron chi connectivity index (χ1n) is 9.78. The molecule has 9 heteroatoms. The highest BCUT2D eigenvalue weighted by atomic mass is 19.4. The number of ether oxygens (including phenoxy) is 2. The normalized spacial score (nSPS) is 19.1. The molecule has 29 heavy (non-hydrogen) atoms. The quantitative estimate of drug-likeness (QED) is 0.695. The van der Waals surface area contributed by atoms with Gasteiger partial charge < -0.3 is 14.8 Å². The third kappa shape index (κ3) is 6.92. The molecule has 1 amide bonds. The van der Waals surface area contributed by atoms with E-state index in [-0.39, 0.29) is 19.1 Å². The predicted octanol–water partition coefficient (Wildman–Crippen LogP) is 2.97. The van der Waals surface area contributed by atoms with Gasteiger partial charge in [0.15, 0.2) is 6.61 Å². The maximum absolute atomic E-state index is 11.9. The Morgan fingerprint density at radius 2 is 2.00 bits per heavy atom. The van der Waals surface area contributed by atoms with Crippen LogP contribution in [0.2, 0.25) is 0 Å². The summed E-state index contributed by atoms with van der Waals surface area (Å²) in [6.45, 7) is 0.487. The van der Waals surface area contributed by atoms with Crippen LogP contribution in [-0.4, -0.2) is 55.5 Å². The number of nitrogens with zero attached hydrogens (tertiary/aromatic N) is 1. The second-order valence-corrected chi connectivity index (χ2v) is 7.46. The number of hydrogen-bond donors (Lipinski definition) is 1. The molecular weight excluding hydrogens is 389 g/mol. The fourth-order valence-corrected chi connectivity index (χ4v) is 3.73. The van der Waals surface area contributed by atoms with Crippen LogP contribution >= 0.6 is 0 Å². The molecule has 1 N–H and O–H groups in total. The van der Waals surface area contributed by atoms with Crippen molar-refractivity contribution in [3.63, 3.8) is 0 Å². The Kier molecular flexibility index (Phi) is 7.00. The molecule has 1 aromatic rings. The molecule has 1 aliphatic carbocycles. The van der Waals surface area contributed by atoms with E-state index in [0.717, 1.165) is 32.4 Å². The topological polar surface area (TPSA) is 67.9 Å². The number of halogens is 3. The van der Waals surface area contributed by atoms with Crippen LogP contribution in [0, 0.1) is 0 Å². The molecule has 1 fully saturated rings. The van der Waals surface area contributed by atoms with Crippen molar-refractivity contribution >= 4 is 12.1 Å². The zero-order chi connectivity index (χ0) is 20.9. The third-order valence-electron chi connectivity index (χ3n) is 5.06. The summed E-state index contributed by atoms with van der Waals surface area (Å²) in [6, 6.07) is 6.64. The van der Waals surface area contributed by atoms with E-state index in [0.29, 0.717) is 6.54 Å². The summed E-state index contributed by atoms with van der Waals surface area (Å²) >= 11 is 0. The standard InChI is InChI=1S/C20H25F3N2O4/c21-20(22,23)13-28-19(27)24-8-6-18(26)29-17-7-9-25(12-17)11-14-4-5-15-2-1-3-16(15)10-14/h4-5,10,17H,1-3,6-9,11-13H2,(H,24,27)/t17-/m0/s1. The molecule has 2 aliphatic rings. The molecule has 0 spiro atoms. The Hall–Kier alpha value is -2.29. The monoisotopic (exact) mass is 414 g/mol. The number of fused-ring (bicyclic) bond motifs is 1. The number of rotatable bonds is 7. The van der Waals surface area contributed by atoms with Crippen molar-refractivity contribution in [2.75, 3.05) is 26.2 Å². The second kappa shape index (κ2) is 9.47. The van der Waals surface area contributed by atoms with Gasteiger partial charge in [0, 0.05) is 26.2 Å². The largest absolute Gasteiger partial charge is 0.461 e. The maximum atomic E-state index is 11.9. The van der Waals surface area contributed by atoms with E-state index in [9.17, 15) is 22.8 Å². The number of alkyl halides is 3. The number of carbonyl (C=O) groups excluding carboxylic acids is 2. The highest BCUT2D eigenvalue weighted by molar-refractivity contribution is 5.72. The van der Waals surface area contributed by atoms with Crippen molar-refractivity contribution in [3.8, 4) is 0 Å². The molecule has 160 valence electrons. The summed E-state index contributed by atoms with van der Waals surface area (Å²) in [5.41, 5.74) is 4.14. The Labute approximate surface area is 167 Å². The fraction of sp³-hybridized carbons (Fsp3) is 0.600. The van der Waals surface area contributed by atoms with Gasteiger partial charge in [-0.1, -0.05) is 18.2 Å². The summed E-state index contributed by atoms with van der Waals surface area (Å²) < 4.78 is 45.2. The van der Waals surface area contributed by atoms with Gasteiger partial charge in [0.05, 0.1) is 6.42 Å². The minimum absolute atomic E-state index is 0.123. The Bertz CT molecular complexity index is 739. The average Bonchev–Trinajstić information content (AvgIpc) is 3.28. The van der Waals surface area contributed by atoms with Crippen molar-refractivity contribution in [2.45, 2.75) is 50.9 Å². The molecule has 0 bridgehead atoms. The molecular formula is C20H25F3N2O4. The zero-order valence-electron chi connectivity index (χ0n) is 16.1. The number of likely N-dealkylation sites (tertiary alicyclic amines) is 1. The molecule has 1 saturated heterocycles. The van der Waals surface area contributed by atoms with Crippen molar-refractivity contribution in [1.82, 2.24) is 10.2 Å². The number of amides is 1. The SMILES string of the molecule is O=C(CCNC(=O)OCC(F)(F)F)O[C@H]1CCN(Cc2ccc3c(c2)CCC3)C1. The average molecular weight is 414 g/mol. The van der Waals surface area contributed by atoms with Crippen LogP contribution in [0.3, 0.4) is 0 Å². The number of alkyl carbamates (subject to hydrolysis) is 1. The highest BCUT2D eigenvalue weighted by Gasteiger charge is 2.29. The van der Waals surface area contributed by atoms with E-state index in [1.165, 1.54) is 23.1 Å². The molecule has 3 rings (SSSR count). The van der Waals surface area contributed by atoms with Gasteiger partial charge in [0.2, 0.25) is 0 Å². The molecule has 0 radical (unpaired) electrons. The van der Waals surface area contributed by atoms with Crippen LogP contribution < -0.4 is 5.32 Å². The third-order valence-corrected chi connectivity index (χ3v) is 5.06. The van der Waals surface area contributed by atoms with Crippen LogP contribution in [0.5, 0.6) is 0 Å². The summed E-state index contributed by atoms with van der Waals surface area (Å²) in [7, 11) is 0. The summed E-state index contributed by atoms with van der Waals surface area (Å²) in [5, 5.41) is 2.10. The van der Waals surface area contributed by atoms with Crippen molar-refractivity contribution < 1.29 is 32.2 Å². The molecule has 0 saturated carbocycles. The van der Waals surface area contributed by atoms with Gasteiger partial charge in [-0.2, -0.15) is 13.2 Å². The number of hydrogen-bond acceptors (Lipinski definition) is 5. The van der Waals surface area contributed by atoms with Gasteiger partial charge in [-0.3, -0.25) is 9.69 Å². The lowest BCUT2D eigenvalue weighted by Gasteiger charge is -2.17. The first-order valence-corrected chi connectivity index (χ1v) is 9.78. The minimum Gasteiger partial charge on any atom is -0.461 e.